The van der Waals surface area contributed by atoms with Crippen molar-refractivity contribution in [2.24, 2.45) is 7.05 Å². The van der Waals surface area contributed by atoms with E-state index in [-0.39, 0.29) is 0 Å². The molecule has 1 aromatic carbocycles. The molecule has 0 atom stereocenters. The Morgan fingerprint density at radius 1 is 1.33 bits per heavy atom. The fourth-order valence-corrected chi connectivity index (χ4v) is 2.03. The Morgan fingerprint density at radius 2 is 2.11 bits per heavy atom. The van der Waals surface area contributed by atoms with Crippen LogP contribution in [0.1, 0.15) is 19.4 Å². The van der Waals surface area contributed by atoms with Crippen molar-refractivity contribution in [1.82, 2.24) is 15.1 Å². The van der Waals surface area contributed by atoms with Crippen LogP contribution in [-0.2, 0) is 13.6 Å². The number of aromatic nitrogens is 2. The summed E-state index contributed by atoms with van der Waals surface area (Å²) in [5, 5.41) is 8.37. The Bertz CT molecular complexity index is 532. The number of hydrogen-bond acceptors (Lipinski definition) is 2. The number of rotatable bonds is 4. The fraction of sp³-hybridized carbons (Fsp3) is 0.357. The molecule has 0 unspecified atom stereocenters. The van der Waals surface area contributed by atoms with E-state index in [4.69, 9.17) is 11.6 Å². The van der Waals surface area contributed by atoms with E-state index in [0.29, 0.717) is 6.04 Å². The number of halogens is 1. The average molecular weight is 264 g/mol. The lowest BCUT2D eigenvalue weighted by Crippen LogP contribution is -2.22. The van der Waals surface area contributed by atoms with Crippen LogP contribution < -0.4 is 5.32 Å². The lowest BCUT2D eigenvalue weighted by Gasteiger charge is -2.11. The third-order valence-corrected chi connectivity index (χ3v) is 3.23. The van der Waals surface area contributed by atoms with Crippen LogP contribution in [0.2, 0.25) is 5.02 Å². The quantitative estimate of drug-likeness (QED) is 0.918. The Labute approximate surface area is 113 Å². The van der Waals surface area contributed by atoms with Crippen LogP contribution in [0, 0.1) is 0 Å². The summed E-state index contributed by atoms with van der Waals surface area (Å²) in [6.07, 6.45) is 1.80. The molecule has 0 bridgehead atoms. The molecule has 0 fully saturated rings. The van der Waals surface area contributed by atoms with Gasteiger partial charge in [-0.2, -0.15) is 5.10 Å². The van der Waals surface area contributed by atoms with Gasteiger partial charge in [-0.15, -0.1) is 0 Å². The number of nitrogens with zero attached hydrogens (tertiary/aromatic N) is 2. The first-order valence-electron chi connectivity index (χ1n) is 6.08. The largest absolute Gasteiger partial charge is 0.310 e. The van der Waals surface area contributed by atoms with Crippen LogP contribution in [0.5, 0.6) is 0 Å². The van der Waals surface area contributed by atoms with Gasteiger partial charge in [-0.3, -0.25) is 4.68 Å². The number of nitrogens with one attached hydrogen (secondary N) is 1. The molecule has 3 nitrogen and oxygen atoms in total. The van der Waals surface area contributed by atoms with E-state index in [1.807, 2.05) is 29.9 Å². The van der Waals surface area contributed by atoms with Gasteiger partial charge in [0.15, 0.2) is 0 Å². The molecular formula is C14H18ClN3. The maximum absolute atomic E-state index is 6.22. The molecule has 2 rings (SSSR count). The zero-order valence-corrected chi connectivity index (χ0v) is 11.7. The first-order chi connectivity index (χ1) is 8.58. The summed E-state index contributed by atoms with van der Waals surface area (Å²) < 4.78 is 1.86. The third kappa shape index (κ3) is 2.92. The van der Waals surface area contributed by atoms with Crippen LogP contribution in [0.4, 0.5) is 0 Å². The zero-order valence-electron chi connectivity index (χ0n) is 10.9. The van der Waals surface area contributed by atoms with Crippen molar-refractivity contribution in [2.45, 2.75) is 26.4 Å². The lowest BCUT2D eigenvalue weighted by atomic mass is 10.1. The van der Waals surface area contributed by atoms with E-state index in [1.165, 1.54) is 0 Å². The van der Waals surface area contributed by atoms with Gasteiger partial charge in [0, 0.05) is 36.4 Å². The van der Waals surface area contributed by atoms with Gasteiger partial charge in [-0.25, -0.2) is 0 Å². The van der Waals surface area contributed by atoms with Crippen LogP contribution >= 0.6 is 11.6 Å². The van der Waals surface area contributed by atoms with Gasteiger partial charge < -0.3 is 5.32 Å². The van der Waals surface area contributed by atoms with Crippen molar-refractivity contribution < 1.29 is 0 Å². The molecule has 1 aromatic heterocycles. The first kappa shape index (κ1) is 13.1. The van der Waals surface area contributed by atoms with Gasteiger partial charge in [0.1, 0.15) is 0 Å². The normalized spacial score (nSPS) is 11.2. The van der Waals surface area contributed by atoms with Crippen molar-refractivity contribution >= 4 is 11.6 Å². The van der Waals surface area contributed by atoms with Crippen molar-refractivity contribution in [3.05, 3.63) is 41.0 Å². The van der Waals surface area contributed by atoms with Gasteiger partial charge in [0.05, 0.1) is 5.69 Å². The highest BCUT2D eigenvalue weighted by Crippen LogP contribution is 2.24. The second-order valence-electron chi connectivity index (χ2n) is 4.68. The predicted octanol–water partition coefficient (Wildman–Crippen LogP) is 3.24. The van der Waals surface area contributed by atoms with Gasteiger partial charge in [-0.05, 0) is 23.8 Å². The van der Waals surface area contributed by atoms with Crippen LogP contribution in [0.15, 0.2) is 30.5 Å². The molecule has 0 aliphatic carbocycles. The topological polar surface area (TPSA) is 29.9 Å². The van der Waals surface area contributed by atoms with Crippen LogP contribution in [0.3, 0.4) is 0 Å². The minimum absolute atomic E-state index is 0.446. The van der Waals surface area contributed by atoms with Gasteiger partial charge >= 0.3 is 0 Å². The molecule has 0 saturated heterocycles. The Morgan fingerprint density at radius 3 is 2.72 bits per heavy atom. The van der Waals surface area contributed by atoms with E-state index < -0.39 is 0 Å². The minimum atomic E-state index is 0.446. The monoisotopic (exact) mass is 263 g/mol. The summed E-state index contributed by atoms with van der Waals surface area (Å²) in [5.74, 6) is 0. The first-order valence-corrected chi connectivity index (χ1v) is 6.46. The minimum Gasteiger partial charge on any atom is -0.310 e. The molecule has 18 heavy (non-hydrogen) atoms. The number of benzene rings is 1. The van der Waals surface area contributed by atoms with Gasteiger partial charge in [0.2, 0.25) is 0 Å². The van der Waals surface area contributed by atoms with Gasteiger partial charge in [-0.1, -0.05) is 31.5 Å². The molecular weight excluding hydrogens is 246 g/mol. The van der Waals surface area contributed by atoms with E-state index in [9.17, 15) is 0 Å². The Hall–Kier alpha value is -1.32. The zero-order chi connectivity index (χ0) is 13.1. The van der Waals surface area contributed by atoms with E-state index in [1.54, 1.807) is 6.20 Å². The summed E-state index contributed by atoms with van der Waals surface area (Å²) in [6.45, 7) is 5.03. The SMILES string of the molecule is CC(C)NCc1cc(-c2ccnn2C)ccc1Cl. The Balaban J connectivity index is 2.29. The molecule has 1 N–H and O–H groups in total. The van der Waals surface area contributed by atoms with Crippen LogP contribution in [-0.4, -0.2) is 15.8 Å². The third-order valence-electron chi connectivity index (χ3n) is 2.86. The molecule has 0 amide bonds. The molecule has 4 heteroatoms. The second kappa shape index (κ2) is 5.55. The van der Waals surface area contributed by atoms with E-state index in [0.717, 1.165) is 28.4 Å². The highest BCUT2D eigenvalue weighted by molar-refractivity contribution is 6.31. The van der Waals surface area contributed by atoms with Crippen molar-refractivity contribution in [1.29, 1.82) is 0 Å². The summed E-state index contributed by atoms with van der Waals surface area (Å²) >= 11 is 6.22. The summed E-state index contributed by atoms with van der Waals surface area (Å²) in [6, 6.07) is 8.54. The summed E-state index contributed by atoms with van der Waals surface area (Å²) in [5.41, 5.74) is 3.35. The van der Waals surface area contributed by atoms with E-state index in [2.05, 4.69) is 30.3 Å². The molecule has 0 aliphatic heterocycles. The molecule has 2 aromatic rings. The molecule has 96 valence electrons. The highest BCUT2D eigenvalue weighted by atomic mass is 35.5. The van der Waals surface area contributed by atoms with Gasteiger partial charge in [0.25, 0.3) is 0 Å². The number of aryl methyl sites for hydroxylation is 1. The second-order valence-corrected chi connectivity index (χ2v) is 5.09. The molecule has 0 aliphatic rings. The van der Waals surface area contributed by atoms with Crippen molar-refractivity contribution in [3.8, 4) is 11.3 Å². The predicted molar refractivity (Wildman–Crippen MR) is 75.6 cm³/mol. The maximum atomic E-state index is 6.22. The number of hydrogen-bond donors (Lipinski definition) is 1. The fourth-order valence-electron chi connectivity index (χ4n) is 1.84. The van der Waals surface area contributed by atoms with E-state index >= 15 is 0 Å². The van der Waals surface area contributed by atoms with Crippen LogP contribution in [0.25, 0.3) is 11.3 Å². The highest BCUT2D eigenvalue weighted by Gasteiger charge is 2.07. The maximum Gasteiger partial charge on any atom is 0.0679 e. The summed E-state index contributed by atoms with van der Waals surface area (Å²) in [7, 11) is 1.94. The van der Waals surface area contributed by atoms with Crippen molar-refractivity contribution in [3.63, 3.8) is 0 Å². The standard InChI is InChI=1S/C14H18ClN3/c1-10(2)16-9-12-8-11(4-5-13(12)15)14-6-7-17-18(14)3/h4-8,10,16H,9H2,1-3H3. The molecule has 0 saturated carbocycles. The summed E-state index contributed by atoms with van der Waals surface area (Å²) in [4.78, 5) is 0. The molecule has 0 radical (unpaired) electrons. The smallest absolute Gasteiger partial charge is 0.0679 e. The molecule has 1 heterocycles. The average Bonchev–Trinajstić information content (AvgIpc) is 2.74. The molecule has 0 spiro atoms. The van der Waals surface area contributed by atoms with Crippen molar-refractivity contribution in [2.75, 3.05) is 0 Å². The Kier molecular flexibility index (Phi) is 4.04. The lowest BCUT2D eigenvalue weighted by molar-refractivity contribution is 0.589.